The Labute approximate surface area is 153 Å². The van der Waals surface area contributed by atoms with E-state index in [-0.39, 0.29) is 23.3 Å². The van der Waals surface area contributed by atoms with E-state index >= 15 is 0 Å². The average molecular weight is 372 g/mol. The highest BCUT2D eigenvalue weighted by molar-refractivity contribution is 5.62. The van der Waals surface area contributed by atoms with Crippen LogP contribution in [0.25, 0.3) is 0 Å². The smallest absolute Gasteiger partial charge is 0.358 e. The van der Waals surface area contributed by atoms with E-state index in [4.69, 9.17) is 0 Å². The van der Waals surface area contributed by atoms with E-state index in [2.05, 4.69) is 31.0 Å². The number of nitrogens with zero attached hydrogens (tertiary/aromatic N) is 6. The maximum atomic E-state index is 10.6. The fourth-order valence-electron chi connectivity index (χ4n) is 1.83. The first-order valence-corrected chi connectivity index (χ1v) is 7.84. The molecular formula is C15H16N8O4. The van der Waals surface area contributed by atoms with E-state index in [9.17, 15) is 20.2 Å². The van der Waals surface area contributed by atoms with Gasteiger partial charge in [-0.3, -0.25) is 0 Å². The van der Waals surface area contributed by atoms with Gasteiger partial charge in [0.25, 0.3) is 11.6 Å². The Balaban J connectivity index is 1.65. The first-order chi connectivity index (χ1) is 13.1. The standard InChI is InChI=1S/C15H16N8O4/c24-22(25)14-8-4-6-12(18-14)20-16-10-2-1-3-11-17-21-13-7-5-9-15(19-13)23(26)27/h4-11H,1-3H2,(H,18,20)(H,19,21). The summed E-state index contributed by atoms with van der Waals surface area (Å²) < 4.78 is 0. The van der Waals surface area contributed by atoms with E-state index < -0.39 is 9.85 Å². The normalized spacial score (nSPS) is 11.0. The van der Waals surface area contributed by atoms with Crippen molar-refractivity contribution in [3.05, 3.63) is 56.6 Å². The zero-order valence-electron chi connectivity index (χ0n) is 14.1. The van der Waals surface area contributed by atoms with Gasteiger partial charge < -0.3 is 20.2 Å². The van der Waals surface area contributed by atoms with Crippen molar-refractivity contribution < 1.29 is 9.85 Å². The minimum absolute atomic E-state index is 0.253. The highest BCUT2D eigenvalue weighted by atomic mass is 16.6. The van der Waals surface area contributed by atoms with Gasteiger partial charge in [0.2, 0.25) is 0 Å². The molecular weight excluding hydrogens is 356 g/mol. The third kappa shape index (κ3) is 6.81. The second kappa shape index (κ2) is 10.1. The molecule has 12 heteroatoms. The second-order valence-electron chi connectivity index (χ2n) is 5.05. The molecule has 0 atom stereocenters. The fourth-order valence-corrected chi connectivity index (χ4v) is 1.83. The van der Waals surface area contributed by atoms with Crippen LogP contribution in [0.5, 0.6) is 0 Å². The Hall–Kier alpha value is -3.96. The SMILES string of the molecule is O=[N+]([O-])c1cccc(NN=CCCCC=NNc2cccc([N+](=O)[O-])n2)n1. The van der Waals surface area contributed by atoms with Crippen LogP contribution in [0.1, 0.15) is 19.3 Å². The molecule has 0 radical (unpaired) electrons. The molecule has 2 N–H and O–H groups in total. The van der Waals surface area contributed by atoms with Crippen molar-refractivity contribution in [1.82, 2.24) is 9.97 Å². The molecule has 0 aliphatic rings. The maximum Gasteiger partial charge on any atom is 0.365 e. The van der Waals surface area contributed by atoms with Crippen LogP contribution in [0.3, 0.4) is 0 Å². The summed E-state index contributed by atoms with van der Waals surface area (Å²) in [5.41, 5.74) is 5.24. The van der Waals surface area contributed by atoms with Gasteiger partial charge >= 0.3 is 11.6 Å². The van der Waals surface area contributed by atoms with Crippen molar-refractivity contribution in [1.29, 1.82) is 0 Å². The molecule has 0 aliphatic carbocycles. The lowest BCUT2D eigenvalue weighted by molar-refractivity contribution is -0.389. The monoisotopic (exact) mass is 372 g/mol. The number of rotatable bonds is 10. The molecule has 27 heavy (non-hydrogen) atoms. The van der Waals surface area contributed by atoms with Gasteiger partial charge in [-0.25, -0.2) is 10.9 Å². The van der Waals surface area contributed by atoms with E-state index in [1.807, 2.05) is 0 Å². The number of hydrogen-bond donors (Lipinski definition) is 2. The Kier molecular flexibility index (Phi) is 7.26. The van der Waals surface area contributed by atoms with Gasteiger partial charge in [0.1, 0.15) is 0 Å². The molecule has 0 amide bonds. The molecule has 2 rings (SSSR count). The summed E-state index contributed by atoms with van der Waals surface area (Å²) in [5, 5.41) is 29.1. The third-order valence-corrected chi connectivity index (χ3v) is 3.05. The number of nitrogens with one attached hydrogen (secondary N) is 2. The summed E-state index contributed by atoms with van der Waals surface area (Å²) in [6, 6.07) is 8.78. The summed E-state index contributed by atoms with van der Waals surface area (Å²) in [5.74, 6) is 0.0700. The summed E-state index contributed by atoms with van der Waals surface area (Å²) >= 11 is 0. The number of aromatic nitrogens is 2. The first-order valence-electron chi connectivity index (χ1n) is 7.84. The van der Waals surface area contributed by atoms with Gasteiger partial charge in [0.15, 0.2) is 0 Å². The number of hydrazone groups is 2. The molecule has 2 heterocycles. The molecule has 12 nitrogen and oxygen atoms in total. The van der Waals surface area contributed by atoms with Crippen molar-refractivity contribution in [2.45, 2.75) is 19.3 Å². The molecule has 0 aliphatic heterocycles. The lowest BCUT2D eigenvalue weighted by Crippen LogP contribution is -1.97. The molecule has 2 aromatic rings. The molecule has 140 valence electrons. The van der Waals surface area contributed by atoms with Crippen LogP contribution in [0.2, 0.25) is 0 Å². The number of nitro groups is 2. The van der Waals surface area contributed by atoms with Crippen LogP contribution in [0.15, 0.2) is 46.6 Å². The lowest BCUT2D eigenvalue weighted by atomic mass is 10.3. The van der Waals surface area contributed by atoms with Gasteiger partial charge in [-0.1, -0.05) is 0 Å². The number of hydrogen-bond acceptors (Lipinski definition) is 10. The average Bonchev–Trinajstić information content (AvgIpc) is 2.67. The van der Waals surface area contributed by atoms with Crippen molar-refractivity contribution in [2.24, 2.45) is 10.2 Å². The molecule has 0 aromatic carbocycles. The zero-order valence-corrected chi connectivity index (χ0v) is 14.1. The fraction of sp³-hybridized carbons (Fsp3) is 0.200. The summed E-state index contributed by atoms with van der Waals surface area (Å²) in [7, 11) is 0. The minimum atomic E-state index is -0.578. The maximum absolute atomic E-state index is 10.6. The van der Waals surface area contributed by atoms with Gasteiger partial charge in [-0.15, -0.1) is 0 Å². The van der Waals surface area contributed by atoms with Gasteiger partial charge in [0.05, 0.1) is 0 Å². The van der Waals surface area contributed by atoms with Gasteiger partial charge in [0, 0.05) is 36.7 Å². The Bertz CT molecular complexity index is 786. The molecule has 0 saturated heterocycles. The predicted molar refractivity (Wildman–Crippen MR) is 99.9 cm³/mol. The second-order valence-corrected chi connectivity index (χ2v) is 5.05. The highest BCUT2D eigenvalue weighted by Gasteiger charge is 2.08. The van der Waals surface area contributed by atoms with Crippen molar-refractivity contribution in [3.63, 3.8) is 0 Å². The third-order valence-electron chi connectivity index (χ3n) is 3.05. The summed E-state index contributed by atoms with van der Waals surface area (Å²) in [4.78, 5) is 27.6. The largest absolute Gasteiger partial charge is 0.365 e. The van der Waals surface area contributed by atoms with Crippen molar-refractivity contribution in [3.8, 4) is 0 Å². The van der Waals surface area contributed by atoms with Crippen LogP contribution < -0.4 is 10.9 Å². The molecule has 0 unspecified atom stereocenters. The molecule has 0 bridgehead atoms. The van der Waals surface area contributed by atoms with Crippen LogP contribution in [-0.4, -0.2) is 32.2 Å². The quantitative estimate of drug-likeness (QED) is 0.278. The molecule has 0 fully saturated rings. The molecule has 0 spiro atoms. The summed E-state index contributed by atoms with van der Waals surface area (Å²) in [6.45, 7) is 0. The van der Waals surface area contributed by atoms with Crippen LogP contribution >= 0.6 is 0 Å². The van der Waals surface area contributed by atoms with Gasteiger partial charge in [-0.05, 0) is 51.2 Å². The number of unbranched alkanes of at least 4 members (excludes halogenated alkanes) is 2. The summed E-state index contributed by atoms with van der Waals surface area (Å²) in [6.07, 6.45) is 5.33. The lowest BCUT2D eigenvalue weighted by Gasteiger charge is -1.96. The Morgan fingerprint density at radius 2 is 1.30 bits per heavy atom. The van der Waals surface area contributed by atoms with Crippen molar-refractivity contribution >= 4 is 35.7 Å². The molecule has 0 saturated carbocycles. The zero-order chi connectivity index (χ0) is 19.5. The topological polar surface area (TPSA) is 161 Å². The number of anilines is 2. The van der Waals surface area contributed by atoms with Crippen LogP contribution in [0.4, 0.5) is 23.3 Å². The van der Waals surface area contributed by atoms with E-state index in [1.54, 1.807) is 24.6 Å². The minimum Gasteiger partial charge on any atom is -0.358 e. The molecule has 2 aromatic heterocycles. The van der Waals surface area contributed by atoms with E-state index in [0.29, 0.717) is 12.8 Å². The first kappa shape index (κ1) is 19.4. The van der Waals surface area contributed by atoms with Crippen LogP contribution in [-0.2, 0) is 0 Å². The van der Waals surface area contributed by atoms with Gasteiger partial charge in [-0.2, -0.15) is 10.2 Å². The highest BCUT2D eigenvalue weighted by Crippen LogP contribution is 2.11. The Morgan fingerprint density at radius 1 is 0.852 bits per heavy atom. The van der Waals surface area contributed by atoms with E-state index in [0.717, 1.165) is 6.42 Å². The number of pyridine rings is 2. The van der Waals surface area contributed by atoms with Crippen LogP contribution in [0, 0.1) is 20.2 Å². The Morgan fingerprint density at radius 3 is 1.70 bits per heavy atom. The van der Waals surface area contributed by atoms with E-state index in [1.165, 1.54) is 24.3 Å². The van der Waals surface area contributed by atoms with Crippen molar-refractivity contribution in [2.75, 3.05) is 10.9 Å². The predicted octanol–water partition coefficient (Wildman–Crippen LogP) is 2.96.